The minimum absolute atomic E-state index is 0.114. The molecule has 0 aliphatic heterocycles. The van der Waals surface area contributed by atoms with Gasteiger partial charge in [-0.1, -0.05) is 12.1 Å². The fourth-order valence-electron chi connectivity index (χ4n) is 1.97. The fourth-order valence-corrected chi connectivity index (χ4v) is 1.97. The average Bonchev–Trinajstić information content (AvgIpc) is 2.23. The molecule has 1 N–H and O–H groups in total. The first-order valence-corrected chi connectivity index (χ1v) is 5.97. The summed E-state index contributed by atoms with van der Waals surface area (Å²) in [6.07, 6.45) is 0. The van der Waals surface area contributed by atoms with Crippen molar-refractivity contribution < 1.29 is 10.0 Å². The van der Waals surface area contributed by atoms with E-state index in [4.69, 9.17) is 0 Å². The molecule has 100 valence electrons. The van der Waals surface area contributed by atoms with Gasteiger partial charge in [-0.2, -0.15) is 0 Å². The van der Waals surface area contributed by atoms with Crippen LogP contribution in [-0.4, -0.2) is 28.7 Å². The number of aryl methyl sites for hydroxylation is 1. The summed E-state index contributed by atoms with van der Waals surface area (Å²) in [7, 11) is 0. The van der Waals surface area contributed by atoms with E-state index in [2.05, 4.69) is 0 Å². The number of anilines is 1. The number of nitro groups is 1. The van der Waals surface area contributed by atoms with Crippen LogP contribution >= 0.6 is 0 Å². The maximum atomic E-state index is 11.1. The molecule has 1 aromatic carbocycles. The summed E-state index contributed by atoms with van der Waals surface area (Å²) in [6, 6.07) is 5.24. The maximum Gasteiger partial charge on any atom is 0.295 e. The molecule has 0 aromatic heterocycles. The monoisotopic (exact) mass is 252 g/mol. The summed E-state index contributed by atoms with van der Waals surface area (Å²) in [5.41, 5.74) is 0.410. The van der Waals surface area contributed by atoms with Crippen molar-refractivity contribution in [2.24, 2.45) is 0 Å². The van der Waals surface area contributed by atoms with E-state index in [1.807, 2.05) is 11.8 Å². The van der Waals surface area contributed by atoms with Crippen LogP contribution in [0.25, 0.3) is 0 Å². The molecule has 5 heteroatoms. The molecule has 0 spiro atoms. The summed E-state index contributed by atoms with van der Waals surface area (Å²) in [6.45, 7) is 7.98. The van der Waals surface area contributed by atoms with Gasteiger partial charge < -0.3 is 10.0 Å². The van der Waals surface area contributed by atoms with Gasteiger partial charge >= 0.3 is 0 Å². The first kappa shape index (κ1) is 14.4. The third-order valence-corrected chi connectivity index (χ3v) is 2.70. The van der Waals surface area contributed by atoms with Crippen molar-refractivity contribution in [1.82, 2.24) is 0 Å². The predicted molar refractivity (Wildman–Crippen MR) is 72.0 cm³/mol. The number of likely N-dealkylation sites (N-methyl/N-ethyl adjacent to an activating group) is 1. The lowest BCUT2D eigenvalue weighted by molar-refractivity contribution is -0.384. The van der Waals surface area contributed by atoms with E-state index in [1.54, 1.807) is 39.0 Å². The highest BCUT2D eigenvalue weighted by atomic mass is 16.6. The number of para-hydroxylation sites is 1. The number of benzene rings is 1. The van der Waals surface area contributed by atoms with Gasteiger partial charge in [-0.3, -0.25) is 10.1 Å². The first-order chi connectivity index (χ1) is 8.26. The highest BCUT2D eigenvalue weighted by Crippen LogP contribution is 2.31. The van der Waals surface area contributed by atoms with Gasteiger partial charge in [-0.15, -0.1) is 0 Å². The Balaban J connectivity index is 3.21. The van der Waals surface area contributed by atoms with Gasteiger partial charge in [-0.25, -0.2) is 0 Å². The molecule has 18 heavy (non-hydrogen) atoms. The van der Waals surface area contributed by atoms with E-state index in [9.17, 15) is 15.2 Å². The summed E-state index contributed by atoms with van der Waals surface area (Å²) in [5, 5.41) is 21.0. The number of nitrogens with zero attached hydrogens (tertiary/aromatic N) is 2. The summed E-state index contributed by atoms with van der Waals surface area (Å²) >= 11 is 0. The standard InChI is InChI=1S/C13H20N2O3/c1-5-14(9-13(3,4)16)11-8-6-7-10(2)12(11)15(17)18/h6-8,16H,5,9H2,1-4H3. The molecular formula is C13H20N2O3. The predicted octanol–water partition coefficient (Wildman–Crippen LogP) is 2.50. The van der Waals surface area contributed by atoms with Crippen molar-refractivity contribution in [3.63, 3.8) is 0 Å². The molecular weight excluding hydrogens is 232 g/mol. The molecule has 1 aromatic rings. The number of hydrogen-bond donors (Lipinski definition) is 1. The van der Waals surface area contributed by atoms with Crippen molar-refractivity contribution in [1.29, 1.82) is 0 Å². The third-order valence-electron chi connectivity index (χ3n) is 2.70. The Kier molecular flexibility index (Phi) is 4.29. The molecule has 0 aliphatic carbocycles. The summed E-state index contributed by atoms with van der Waals surface area (Å²) in [4.78, 5) is 12.6. The van der Waals surface area contributed by atoms with Gasteiger partial charge in [0.05, 0.1) is 10.5 Å². The Bertz CT molecular complexity index is 438. The quantitative estimate of drug-likeness (QED) is 0.646. The van der Waals surface area contributed by atoms with Crippen LogP contribution in [0, 0.1) is 17.0 Å². The topological polar surface area (TPSA) is 66.6 Å². The van der Waals surface area contributed by atoms with E-state index >= 15 is 0 Å². The van der Waals surface area contributed by atoms with Crippen LogP contribution < -0.4 is 4.90 Å². The molecule has 0 fully saturated rings. The lowest BCUT2D eigenvalue weighted by Crippen LogP contribution is -2.38. The Morgan fingerprint density at radius 3 is 2.50 bits per heavy atom. The second kappa shape index (κ2) is 5.35. The van der Waals surface area contributed by atoms with Crippen molar-refractivity contribution in [3.8, 4) is 0 Å². The molecule has 0 amide bonds. The van der Waals surface area contributed by atoms with E-state index in [1.165, 1.54) is 0 Å². The molecule has 0 aliphatic rings. The minimum atomic E-state index is -0.895. The highest BCUT2D eigenvalue weighted by molar-refractivity contribution is 5.66. The number of aliphatic hydroxyl groups is 1. The van der Waals surface area contributed by atoms with Crippen LogP contribution in [0.15, 0.2) is 18.2 Å². The van der Waals surface area contributed by atoms with E-state index in [0.29, 0.717) is 24.3 Å². The van der Waals surface area contributed by atoms with Crippen LogP contribution in [0.3, 0.4) is 0 Å². The normalized spacial score (nSPS) is 11.4. The summed E-state index contributed by atoms with van der Waals surface area (Å²) < 4.78 is 0. The smallest absolute Gasteiger partial charge is 0.295 e. The SMILES string of the molecule is CCN(CC(C)(C)O)c1cccc(C)c1[N+](=O)[O-]. The van der Waals surface area contributed by atoms with Crippen LogP contribution in [-0.2, 0) is 0 Å². The van der Waals surface area contributed by atoms with Gasteiger partial charge in [0, 0.05) is 18.7 Å². The van der Waals surface area contributed by atoms with E-state index in [-0.39, 0.29) is 10.6 Å². The van der Waals surface area contributed by atoms with E-state index < -0.39 is 5.60 Å². The van der Waals surface area contributed by atoms with Crippen LogP contribution in [0.2, 0.25) is 0 Å². The van der Waals surface area contributed by atoms with Gasteiger partial charge in [0.15, 0.2) is 0 Å². The second-order valence-electron chi connectivity index (χ2n) is 5.03. The second-order valence-corrected chi connectivity index (χ2v) is 5.03. The van der Waals surface area contributed by atoms with Gasteiger partial charge in [0.2, 0.25) is 0 Å². The molecule has 0 atom stereocenters. The lowest BCUT2D eigenvalue weighted by Gasteiger charge is -2.29. The van der Waals surface area contributed by atoms with Gasteiger partial charge in [0.1, 0.15) is 5.69 Å². The minimum Gasteiger partial charge on any atom is -0.389 e. The maximum absolute atomic E-state index is 11.1. The third kappa shape index (κ3) is 3.43. The Morgan fingerprint density at radius 2 is 2.06 bits per heavy atom. The Hall–Kier alpha value is -1.62. The van der Waals surface area contributed by atoms with Crippen molar-refractivity contribution in [2.45, 2.75) is 33.3 Å². The van der Waals surface area contributed by atoms with Crippen molar-refractivity contribution in [2.75, 3.05) is 18.0 Å². The summed E-state index contributed by atoms with van der Waals surface area (Å²) in [5.74, 6) is 0. The van der Waals surface area contributed by atoms with Gasteiger partial charge in [0.25, 0.3) is 5.69 Å². The Labute approximate surface area is 107 Å². The molecule has 5 nitrogen and oxygen atoms in total. The first-order valence-electron chi connectivity index (χ1n) is 5.97. The largest absolute Gasteiger partial charge is 0.389 e. The van der Waals surface area contributed by atoms with Crippen LogP contribution in [0.1, 0.15) is 26.3 Å². The molecule has 0 radical (unpaired) electrons. The Morgan fingerprint density at radius 1 is 1.44 bits per heavy atom. The molecule has 0 heterocycles. The molecule has 0 saturated carbocycles. The number of nitro benzene ring substituents is 1. The lowest BCUT2D eigenvalue weighted by atomic mass is 10.1. The van der Waals surface area contributed by atoms with Crippen molar-refractivity contribution >= 4 is 11.4 Å². The average molecular weight is 252 g/mol. The fraction of sp³-hybridized carbons (Fsp3) is 0.538. The van der Waals surface area contributed by atoms with E-state index in [0.717, 1.165) is 0 Å². The molecule has 0 saturated heterocycles. The molecule has 1 rings (SSSR count). The van der Waals surface area contributed by atoms with Crippen LogP contribution in [0.5, 0.6) is 0 Å². The molecule has 0 bridgehead atoms. The molecule has 0 unspecified atom stereocenters. The number of rotatable bonds is 5. The zero-order chi connectivity index (χ0) is 13.9. The zero-order valence-corrected chi connectivity index (χ0v) is 11.3. The van der Waals surface area contributed by atoms with Crippen molar-refractivity contribution in [3.05, 3.63) is 33.9 Å². The van der Waals surface area contributed by atoms with Crippen LogP contribution in [0.4, 0.5) is 11.4 Å². The zero-order valence-electron chi connectivity index (χ0n) is 11.3. The van der Waals surface area contributed by atoms with Gasteiger partial charge in [-0.05, 0) is 33.8 Å². The number of hydrogen-bond acceptors (Lipinski definition) is 4. The highest BCUT2D eigenvalue weighted by Gasteiger charge is 2.24.